The fourth-order valence-corrected chi connectivity index (χ4v) is 6.22. The number of aliphatic carboxylic acids is 1. The van der Waals surface area contributed by atoms with E-state index in [1.165, 1.54) is 0 Å². The molecule has 7 rings (SSSR count). The predicted molar refractivity (Wildman–Crippen MR) is 151 cm³/mol. The molecule has 2 aliphatic rings. The van der Waals surface area contributed by atoms with Crippen molar-refractivity contribution in [1.82, 2.24) is 24.3 Å². The molecule has 196 valence electrons. The summed E-state index contributed by atoms with van der Waals surface area (Å²) in [6, 6.07) is 21.1. The van der Waals surface area contributed by atoms with Crippen molar-refractivity contribution in [2.75, 3.05) is 18.8 Å². The first kappa shape index (κ1) is 23.8. The molecule has 4 heterocycles. The monoisotopic (exact) mass is 518 g/mol. The van der Waals surface area contributed by atoms with Gasteiger partial charge < -0.3 is 15.7 Å². The Labute approximate surface area is 226 Å². The van der Waals surface area contributed by atoms with Crippen molar-refractivity contribution < 1.29 is 9.90 Å². The van der Waals surface area contributed by atoms with Crippen LogP contribution in [0.2, 0.25) is 0 Å². The van der Waals surface area contributed by atoms with E-state index in [0.717, 1.165) is 83.5 Å². The molecule has 8 nitrogen and oxygen atoms in total. The van der Waals surface area contributed by atoms with Crippen LogP contribution >= 0.6 is 0 Å². The summed E-state index contributed by atoms with van der Waals surface area (Å²) >= 11 is 0. The summed E-state index contributed by atoms with van der Waals surface area (Å²) in [5.74, 6) is 0.926. The Morgan fingerprint density at radius 3 is 2.49 bits per heavy atom. The van der Waals surface area contributed by atoms with E-state index in [1.807, 2.05) is 24.4 Å². The molecule has 2 aromatic carbocycles. The Hall–Kier alpha value is -4.30. The van der Waals surface area contributed by atoms with Gasteiger partial charge in [-0.3, -0.25) is 9.20 Å². The van der Waals surface area contributed by atoms with Crippen LogP contribution in [0.25, 0.3) is 38.9 Å². The Balaban J connectivity index is 1.20. The molecule has 1 saturated carbocycles. The maximum atomic E-state index is 11.3. The van der Waals surface area contributed by atoms with Crippen LogP contribution < -0.4 is 5.73 Å². The number of carboxylic acid groups (broad SMARTS) is 1. The largest absolute Gasteiger partial charge is 0.481 e. The number of piperidine rings is 1. The quantitative estimate of drug-likeness (QED) is 0.328. The zero-order valence-electron chi connectivity index (χ0n) is 21.6. The molecule has 1 aliphatic heterocycles. The molecule has 0 atom stereocenters. The summed E-state index contributed by atoms with van der Waals surface area (Å²) in [6.45, 7) is 1.71. The smallest absolute Gasteiger partial charge is 0.306 e. The minimum atomic E-state index is -0.663. The van der Waals surface area contributed by atoms with Gasteiger partial charge in [0.1, 0.15) is 22.9 Å². The Morgan fingerprint density at radius 1 is 0.949 bits per heavy atom. The minimum absolute atomic E-state index is 0.202. The normalized spacial score (nSPS) is 20.3. The van der Waals surface area contributed by atoms with Gasteiger partial charge in [0.15, 0.2) is 0 Å². The standard InChI is InChI=1S/C31H30N6O2/c32-29-28-27(22-7-6-20-8-9-25(34-26(20)18-22)19-4-2-1-3-5-19)35-30(37(28)15-12-33-29)23-16-24(17-23)36-13-10-21(11-14-36)31(38)39/h1-9,12,15,18,21,23-24H,10-11,13-14,16-17H2,(H2,32,33)(H,38,39). The molecule has 3 N–H and O–H groups in total. The number of likely N-dealkylation sites (tertiary alicyclic amines) is 1. The topological polar surface area (TPSA) is 110 Å². The van der Waals surface area contributed by atoms with Gasteiger partial charge in [-0.2, -0.15) is 0 Å². The minimum Gasteiger partial charge on any atom is -0.481 e. The number of nitrogens with two attached hydrogens (primary N) is 1. The van der Waals surface area contributed by atoms with Crippen molar-refractivity contribution in [3.63, 3.8) is 0 Å². The molecule has 1 saturated heterocycles. The molecule has 0 spiro atoms. The van der Waals surface area contributed by atoms with Gasteiger partial charge in [-0.15, -0.1) is 0 Å². The zero-order valence-corrected chi connectivity index (χ0v) is 21.6. The Morgan fingerprint density at radius 2 is 1.72 bits per heavy atom. The van der Waals surface area contributed by atoms with E-state index in [9.17, 15) is 9.90 Å². The lowest BCUT2D eigenvalue weighted by Gasteiger charge is -2.44. The number of anilines is 1. The molecular formula is C31H30N6O2. The van der Waals surface area contributed by atoms with Crippen LogP contribution in [0.1, 0.15) is 37.4 Å². The molecule has 0 bridgehead atoms. The molecule has 0 radical (unpaired) electrons. The number of nitrogens with zero attached hydrogens (tertiary/aromatic N) is 5. The Kier molecular flexibility index (Phi) is 5.77. The Bertz CT molecular complexity index is 1680. The highest BCUT2D eigenvalue weighted by atomic mass is 16.4. The van der Waals surface area contributed by atoms with E-state index in [4.69, 9.17) is 15.7 Å². The first-order valence-corrected chi connectivity index (χ1v) is 13.6. The average molecular weight is 519 g/mol. The van der Waals surface area contributed by atoms with Gasteiger partial charge in [0.2, 0.25) is 0 Å². The van der Waals surface area contributed by atoms with Gasteiger partial charge in [-0.25, -0.2) is 15.0 Å². The second-order valence-electron chi connectivity index (χ2n) is 10.8. The van der Waals surface area contributed by atoms with Crippen molar-refractivity contribution in [2.45, 2.75) is 37.6 Å². The van der Waals surface area contributed by atoms with Gasteiger partial charge in [0, 0.05) is 40.9 Å². The summed E-state index contributed by atoms with van der Waals surface area (Å²) in [7, 11) is 0. The van der Waals surface area contributed by atoms with Gasteiger partial charge in [0.25, 0.3) is 0 Å². The predicted octanol–water partition coefficient (Wildman–Crippen LogP) is 5.24. The molecule has 0 amide bonds. The second-order valence-corrected chi connectivity index (χ2v) is 10.8. The third-order valence-electron chi connectivity index (χ3n) is 8.52. The number of hydrogen-bond acceptors (Lipinski definition) is 6. The van der Waals surface area contributed by atoms with Crippen molar-refractivity contribution in [3.8, 4) is 22.5 Å². The van der Waals surface area contributed by atoms with E-state index in [-0.39, 0.29) is 5.92 Å². The van der Waals surface area contributed by atoms with E-state index >= 15 is 0 Å². The van der Waals surface area contributed by atoms with Crippen molar-refractivity contribution in [1.29, 1.82) is 0 Å². The van der Waals surface area contributed by atoms with Gasteiger partial charge >= 0.3 is 5.97 Å². The van der Waals surface area contributed by atoms with E-state index in [2.05, 4.69) is 56.7 Å². The zero-order chi connectivity index (χ0) is 26.5. The third-order valence-corrected chi connectivity index (χ3v) is 8.52. The summed E-state index contributed by atoms with van der Waals surface area (Å²) in [5.41, 5.74) is 12.0. The number of aromatic nitrogens is 4. The van der Waals surface area contributed by atoms with Crippen molar-refractivity contribution in [2.24, 2.45) is 5.92 Å². The van der Waals surface area contributed by atoms with Crippen LogP contribution in [-0.2, 0) is 4.79 Å². The van der Waals surface area contributed by atoms with Gasteiger partial charge in [-0.1, -0.05) is 48.5 Å². The molecule has 39 heavy (non-hydrogen) atoms. The highest BCUT2D eigenvalue weighted by Crippen LogP contribution is 2.43. The van der Waals surface area contributed by atoms with Gasteiger partial charge in [-0.05, 0) is 50.9 Å². The number of hydrogen-bond donors (Lipinski definition) is 2. The highest BCUT2D eigenvalue weighted by Gasteiger charge is 2.39. The number of rotatable bonds is 5. The fourth-order valence-electron chi connectivity index (χ4n) is 6.22. The van der Waals surface area contributed by atoms with Crippen LogP contribution in [0, 0.1) is 5.92 Å². The van der Waals surface area contributed by atoms with Crippen LogP contribution in [-0.4, -0.2) is 54.5 Å². The summed E-state index contributed by atoms with van der Waals surface area (Å²) in [4.78, 5) is 28.3. The van der Waals surface area contributed by atoms with Gasteiger partial charge in [0.05, 0.1) is 17.1 Å². The number of fused-ring (bicyclic) bond motifs is 2. The van der Waals surface area contributed by atoms with Crippen LogP contribution in [0.5, 0.6) is 0 Å². The van der Waals surface area contributed by atoms with Crippen LogP contribution in [0.3, 0.4) is 0 Å². The van der Waals surface area contributed by atoms with Crippen LogP contribution in [0.4, 0.5) is 5.82 Å². The maximum absolute atomic E-state index is 11.3. The molecule has 1 aliphatic carbocycles. The number of carbonyl (C=O) groups is 1. The van der Waals surface area contributed by atoms with Crippen molar-refractivity contribution >= 4 is 28.2 Å². The average Bonchev–Trinajstić information content (AvgIpc) is 3.33. The summed E-state index contributed by atoms with van der Waals surface area (Å²) < 4.78 is 2.10. The molecule has 8 heteroatoms. The molecule has 5 aromatic rings. The SMILES string of the molecule is Nc1nccn2c(C3CC(N4CCC(C(=O)O)CC4)C3)nc(-c3ccc4ccc(-c5ccccc5)nc4c3)c12. The van der Waals surface area contributed by atoms with E-state index in [1.54, 1.807) is 6.20 Å². The lowest BCUT2D eigenvalue weighted by molar-refractivity contribution is -0.143. The molecule has 0 unspecified atom stereocenters. The first-order valence-electron chi connectivity index (χ1n) is 13.6. The third kappa shape index (κ3) is 4.21. The van der Waals surface area contributed by atoms with Crippen LogP contribution in [0.15, 0.2) is 73.1 Å². The number of benzene rings is 2. The summed E-state index contributed by atoms with van der Waals surface area (Å²) in [5, 5.41) is 10.4. The maximum Gasteiger partial charge on any atom is 0.306 e. The van der Waals surface area contributed by atoms with Crippen molar-refractivity contribution in [3.05, 3.63) is 78.9 Å². The summed E-state index contributed by atoms with van der Waals surface area (Å²) in [6.07, 6.45) is 7.18. The fraction of sp³-hybridized carbons (Fsp3) is 0.290. The number of carboxylic acids is 1. The lowest BCUT2D eigenvalue weighted by Crippen LogP contribution is -2.48. The number of nitrogen functional groups attached to an aromatic ring is 1. The van der Waals surface area contributed by atoms with E-state index in [0.29, 0.717) is 17.8 Å². The lowest BCUT2D eigenvalue weighted by atomic mass is 9.77. The molecule has 3 aromatic heterocycles. The first-order chi connectivity index (χ1) is 19.0. The molecule has 2 fully saturated rings. The number of pyridine rings is 1. The van der Waals surface area contributed by atoms with E-state index < -0.39 is 5.97 Å². The second kappa shape index (κ2) is 9.47. The molecular weight excluding hydrogens is 488 g/mol. The highest BCUT2D eigenvalue weighted by molar-refractivity contribution is 5.91. The number of imidazole rings is 1.